The van der Waals surface area contributed by atoms with Crippen LogP contribution in [-0.4, -0.2) is 29.5 Å². The van der Waals surface area contributed by atoms with E-state index in [1.54, 1.807) is 6.92 Å². The summed E-state index contributed by atoms with van der Waals surface area (Å²) >= 11 is 1.86. The van der Waals surface area contributed by atoms with E-state index in [-0.39, 0.29) is 11.9 Å². The second kappa shape index (κ2) is 4.33. The van der Waals surface area contributed by atoms with Crippen molar-refractivity contribution in [2.24, 2.45) is 5.73 Å². The molecule has 0 heterocycles. The van der Waals surface area contributed by atoms with Crippen LogP contribution in [0.25, 0.3) is 0 Å². The monoisotopic (exact) mass is 202 g/mol. The third kappa shape index (κ3) is 2.61. The Labute approximate surface area is 83.8 Å². The molecule has 0 saturated heterocycles. The lowest BCUT2D eigenvalue weighted by atomic mass is 9.84. The van der Waals surface area contributed by atoms with E-state index in [1.807, 2.05) is 11.8 Å². The molecular formula is C9H18N2OS. The lowest BCUT2D eigenvalue weighted by Crippen LogP contribution is -2.48. The van der Waals surface area contributed by atoms with Gasteiger partial charge in [-0.3, -0.25) is 4.79 Å². The fourth-order valence-electron chi connectivity index (χ4n) is 1.43. The Morgan fingerprint density at radius 1 is 1.69 bits per heavy atom. The van der Waals surface area contributed by atoms with Crippen molar-refractivity contribution >= 4 is 17.7 Å². The Morgan fingerprint density at radius 3 is 2.62 bits per heavy atom. The quantitative estimate of drug-likeness (QED) is 0.707. The van der Waals surface area contributed by atoms with E-state index >= 15 is 0 Å². The van der Waals surface area contributed by atoms with Gasteiger partial charge < -0.3 is 11.1 Å². The Balaban J connectivity index is 2.28. The van der Waals surface area contributed by atoms with E-state index < -0.39 is 0 Å². The lowest BCUT2D eigenvalue weighted by molar-refractivity contribution is -0.122. The van der Waals surface area contributed by atoms with E-state index in [2.05, 4.69) is 11.6 Å². The van der Waals surface area contributed by atoms with Gasteiger partial charge in [0.15, 0.2) is 0 Å². The highest BCUT2D eigenvalue weighted by atomic mass is 32.2. The number of nitrogens with two attached hydrogens (primary N) is 1. The molecule has 0 aromatic heterocycles. The van der Waals surface area contributed by atoms with Gasteiger partial charge in [-0.25, -0.2) is 0 Å². The highest BCUT2D eigenvalue weighted by Gasteiger charge is 2.36. The van der Waals surface area contributed by atoms with Crippen LogP contribution in [0.15, 0.2) is 0 Å². The molecular weight excluding hydrogens is 184 g/mol. The molecule has 3 N–H and O–H groups in total. The average molecular weight is 202 g/mol. The SMILES string of the molecule is CSC1(CNC(=O)[C@H](C)N)CCC1. The third-order valence-corrected chi connectivity index (χ3v) is 4.11. The third-order valence-electron chi connectivity index (χ3n) is 2.70. The molecule has 0 aromatic carbocycles. The molecule has 1 aliphatic rings. The molecule has 1 amide bonds. The predicted octanol–water partition coefficient (Wildman–Crippen LogP) is 0.735. The lowest BCUT2D eigenvalue weighted by Gasteiger charge is -2.40. The van der Waals surface area contributed by atoms with E-state index in [9.17, 15) is 4.79 Å². The summed E-state index contributed by atoms with van der Waals surface area (Å²) in [5.41, 5.74) is 5.45. The number of nitrogens with one attached hydrogen (secondary N) is 1. The maximum Gasteiger partial charge on any atom is 0.236 e. The van der Waals surface area contributed by atoms with Gasteiger partial charge in [-0.05, 0) is 26.0 Å². The highest BCUT2D eigenvalue weighted by molar-refractivity contribution is 8.00. The fraction of sp³-hybridized carbons (Fsp3) is 0.889. The summed E-state index contributed by atoms with van der Waals surface area (Å²) < 4.78 is 0.310. The van der Waals surface area contributed by atoms with Crippen LogP contribution in [0.5, 0.6) is 0 Å². The molecule has 1 fully saturated rings. The number of rotatable bonds is 4. The molecule has 1 saturated carbocycles. The van der Waals surface area contributed by atoms with Crippen LogP contribution >= 0.6 is 11.8 Å². The van der Waals surface area contributed by atoms with Gasteiger partial charge in [0.05, 0.1) is 6.04 Å². The van der Waals surface area contributed by atoms with Crippen LogP contribution in [0.2, 0.25) is 0 Å². The van der Waals surface area contributed by atoms with Crippen LogP contribution in [0.1, 0.15) is 26.2 Å². The van der Waals surface area contributed by atoms with Gasteiger partial charge in [-0.1, -0.05) is 6.42 Å². The van der Waals surface area contributed by atoms with Crippen LogP contribution < -0.4 is 11.1 Å². The van der Waals surface area contributed by atoms with Gasteiger partial charge in [-0.15, -0.1) is 0 Å². The Bertz CT molecular complexity index is 185. The minimum Gasteiger partial charge on any atom is -0.353 e. The molecule has 13 heavy (non-hydrogen) atoms. The number of thioether (sulfide) groups is 1. The number of carbonyl (C=O) groups is 1. The molecule has 3 nitrogen and oxygen atoms in total. The average Bonchev–Trinajstić information content (AvgIpc) is 2.02. The minimum atomic E-state index is -0.390. The largest absolute Gasteiger partial charge is 0.353 e. The molecule has 4 heteroatoms. The summed E-state index contributed by atoms with van der Waals surface area (Å²) in [6, 6.07) is -0.390. The zero-order chi connectivity index (χ0) is 9.90. The van der Waals surface area contributed by atoms with Gasteiger partial charge in [-0.2, -0.15) is 11.8 Å². The van der Waals surface area contributed by atoms with Gasteiger partial charge >= 0.3 is 0 Å². The van der Waals surface area contributed by atoms with Gasteiger partial charge in [0.25, 0.3) is 0 Å². The van der Waals surface area contributed by atoms with Crippen molar-refractivity contribution in [3.8, 4) is 0 Å². The van der Waals surface area contributed by atoms with Crippen molar-refractivity contribution in [1.29, 1.82) is 0 Å². The summed E-state index contributed by atoms with van der Waals surface area (Å²) in [5.74, 6) is -0.0414. The summed E-state index contributed by atoms with van der Waals surface area (Å²) in [7, 11) is 0. The van der Waals surface area contributed by atoms with Crippen molar-refractivity contribution in [3.05, 3.63) is 0 Å². The van der Waals surface area contributed by atoms with Crippen molar-refractivity contribution in [2.45, 2.75) is 37.0 Å². The van der Waals surface area contributed by atoms with Gasteiger partial charge in [0.2, 0.25) is 5.91 Å². The summed E-state index contributed by atoms with van der Waals surface area (Å²) in [6.45, 7) is 2.48. The first-order chi connectivity index (χ1) is 6.09. The van der Waals surface area contributed by atoms with Crippen molar-refractivity contribution < 1.29 is 4.79 Å². The van der Waals surface area contributed by atoms with E-state index in [0.29, 0.717) is 4.75 Å². The van der Waals surface area contributed by atoms with Crippen molar-refractivity contribution in [1.82, 2.24) is 5.32 Å². The number of hydrogen-bond donors (Lipinski definition) is 2. The Hall–Kier alpha value is -0.220. The van der Waals surface area contributed by atoms with E-state index in [0.717, 1.165) is 6.54 Å². The van der Waals surface area contributed by atoms with Crippen molar-refractivity contribution in [2.75, 3.05) is 12.8 Å². The van der Waals surface area contributed by atoms with Gasteiger partial charge in [0, 0.05) is 11.3 Å². The normalized spacial score (nSPS) is 21.8. The maximum absolute atomic E-state index is 11.2. The molecule has 0 aliphatic heterocycles. The number of amides is 1. The van der Waals surface area contributed by atoms with E-state index in [1.165, 1.54) is 19.3 Å². The molecule has 0 aromatic rings. The first-order valence-electron chi connectivity index (χ1n) is 4.68. The first-order valence-corrected chi connectivity index (χ1v) is 5.90. The molecule has 1 rings (SSSR count). The first kappa shape index (κ1) is 10.9. The molecule has 1 atom stereocenters. The molecule has 0 unspecified atom stereocenters. The predicted molar refractivity (Wildman–Crippen MR) is 56.8 cm³/mol. The maximum atomic E-state index is 11.2. The molecule has 0 radical (unpaired) electrons. The molecule has 76 valence electrons. The molecule has 0 bridgehead atoms. The minimum absolute atomic E-state index is 0.0414. The van der Waals surface area contributed by atoms with Gasteiger partial charge in [0.1, 0.15) is 0 Å². The molecule has 1 aliphatic carbocycles. The van der Waals surface area contributed by atoms with Crippen molar-refractivity contribution in [3.63, 3.8) is 0 Å². The van der Waals surface area contributed by atoms with Crippen LogP contribution in [0, 0.1) is 0 Å². The van der Waals surface area contributed by atoms with Crippen LogP contribution in [-0.2, 0) is 4.79 Å². The number of hydrogen-bond acceptors (Lipinski definition) is 3. The number of carbonyl (C=O) groups excluding carboxylic acids is 1. The molecule has 0 spiro atoms. The Kier molecular flexibility index (Phi) is 3.62. The standard InChI is InChI=1S/C9H18N2OS/c1-7(10)8(12)11-6-9(13-2)4-3-5-9/h7H,3-6,10H2,1-2H3,(H,11,12)/t7-/m0/s1. The summed E-state index contributed by atoms with van der Waals surface area (Å²) in [4.78, 5) is 11.2. The second-order valence-electron chi connectivity index (χ2n) is 3.75. The fourth-order valence-corrected chi connectivity index (χ4v) is 2.35. The second-order valence-corrected chi connectivity index (χ2v) is 5.02. The smallest absolute Gasteiger partial charge is 0.236 e. The van der Waals surface area contributed by atoms with Crippen LogP contribution in [0.4, 0.5) is 0 Å². The summed E-state index contributed by atoms with van der Waals surface area (Å²) in [5, 5.41) is 2.89. The highest BCUT2D eigenvalue weighted by Crippen LogP contribution is 2.42. The zero-order valence-electron chi connectivity index (χ0n) is 8.30. The van der Waals surface area contributed by atoms with E-state index in [4.69, 9.17) is 5.73 Å². The topological polar surface area (TPSA) is 55.1 Å². The summed E-state index contributed by atoms with van der Waals surface area (Å²) in [6.07, 6.45) is 5.83. The zero-order valence-corrected chi connectivity index (χ0v) is 9.12. The Morgan fingerprint density at radius 2 is 2.31 bits per heavy atom. The van der Waals surface area contributed by atoms with Crippen LogP contribution in [0.3, 0.4) is 0 Å².